The van der Waals surface area contributed by atoms with Crippen LogP contribution in [-0.2, 0) is 0 Å². The predicted molar refractivity (Wildman–Crippen MR) is 151 cm³/mol. The summed E-state index contributed by atoms with van der Waals surface area (Å²) >= 11 is 13.4. The maximum absolute atomic E-state index is 13.6. The lowest BCUT2D eigenvalue weighted by molar-refractivity contribution is 0.218. The zero-order chi connectivity index (χ0) is 24.9. The number of hydrogen-bond acceptors (Lipinski definition) is 5. The largest absolute Gasteiger partial charge is 0.543 e. The fourth-order valence-corrected chi connectivity index (χ4v) is 6.10. The standard InChI is InChI=1S/C26H35Cl2NO3SSi/c1-26(2,3)34(4,5)32-21-12-11-20(31-18-17-29(16-14-28)15-8-13-27)23-24(30)19-9-6-7-10-22(19)33-25(21)23/h6-7,9-12H,8,13-18H2,1-5H3. The molecule has 0 fully saturated rings. The second-order valence-corrected chi connectivity index (χ2v) is 16.5. The third-order valence-corrected chi connectivity index (χ3v) is 12.5. The molecule has 8 heteroatoms. The van der Waals surface area contributed by atoms with Crippen LogP contribution >= 0.6 is 34.5 Å². The molecule has 1 heterocycles. The Labute approximate surface area is 217 Å². The molecule has 0 atom stereocenters. The van der Waals surface area contributed by atoms with Gasteiger partial charge in [-0.1, -0.05) is 32.9 Å². The van der Waals surface area contributed by atoms with Crippen molar-refractivity contribution < 1.29 is 9.16 Å². The van der Waals surface area contributed by atoms with Crippen molar-refractivity contribution in [3.63, 3.8) is 0 Å². The molecule has 1 aromatic heterocycles. The van der Waals surface area contributed by atoms with Crippen LogP contribution < -0.4 is 14.6 Å². The van der Waals surface area contributed by atoms with Crippen molar-refractivity contribution in [1.29, 1.82) is 0 Å². The Balaban J connectivity index is 2.01. The molecule has 186 valence electrons. The normalized spacial score (nSPS) is 12.6. The first kappa shape index (κ1) is 27.3. The van der Waals surface area contributed by atoms with Crippen LogP contribution in [0, 0.1) is 0 Å². The summed E-state index contributed by atoms with van der Waals surface area (Å²) in [5, 5.41) is 1.36. The first-order valence-electron chi connectivity index (χ1n) is 11.7. The van der Waals surface area contributed by atoms with Crippen molar-refractivity contribution in [2.45, 2.75) is 45.3 Å². The minimum absolute atomic E-state index is 0.0141. The van der Waals surface area contributed by atoms with E-state index >= 15 is 0 Å². The number of halogens is 2. The van der Waals surface area contributed by atoms with E-state index in [-0.39, 0.29) is 10.5 Å². The van der Waals surface area contributed by atoms with Crippen molar-refractivity contribution in [2.75, 3.05) is 38.0 Å². The lowest BCUT2D eigenvalue weighted by atomic mass is 10.1. The van der Waals surface area contributed by atoms with Crippen LogP contribution in [0.5, 0.6) is 11.5 Å². The smallest absolute Gasteiger partial charge is 0.250 e. The Morgan fingerprint density at radius 2 is 1.68 bits per heavy atom. The second-order valence-electron chi connectivity index (χ2n) is 9.98. The fraction of sp³-hybridized carbons (Fsp3) is 0.500. The number of nitrogens with zero attached hydrogens (tertiary/aromatic N) is 1. The average Bonchev–Trinajstić information content (AvgIpc) is 2.78. The van der Waals surface area contributed by atoms with E-state index in [9.17, 15) is 4.79 Å². The van der Waals surface area contributed by atoms with Gasteiger partial charge in [0.2, 0.25) is 0 Å². The highest BCUT2D eigenvalue weighted by Crippen LogP contribution is 2.42. The number of ether oxygens (including phenoxy) is 1. The van der Waals surface area contributed by atoms with Gasteiger partial charge in [0, 0.05) is 34.9 Å². The molecule has 0 aliphatic rings. The average molecular weight is 541 g/mol. The van der Waals surface area contributed by atoms with Gasteiger partial charge in [0.05, 0.1) is 10.1 Å². The van der Waals surface area contributed by atoms with Crippen molar-refractivity contribution in [2.24, 2.45) is 0 Å². The number of alkyl halides is 2. The molecular weight excluding hydrogens is 505 g/mol. The van der Waals surface area contributed by atoms with Crippen molar-refractivity contribution >= 4 is 63.0 Å². The molecule has 4 nitrogen and oxygen atoms in total. The van der Waals surface area contributed by atoms with E-state index in [2.05, 4.69) is 38.8 Å². The maximum atomic E-state index is 13.6. The van der Waals surface area contributed by atoms with Crippen LogP contribution in [0.4, 0.5) is 0 Å². The lowest BCUT2D eigenvalue weighted by Gasteiger charge is -2.36. The molecule has 0 unspecified atom stereocenters. The molecule has 2 aromatic carbocycles. The second kappa shape index (κ2) is 11.6. The van der Waals surface area contributed by atoms with Gasteiger partial charge in [-0.25, -0.2) is 0 Å². The molecule has 0 bridgehead atoms. The molecule has 0 saturated heterocycles. The van der Waals surface area contributed by atoms with Crippen molar-refractivity contribution in [3.8, 4) is 11.5 Å². The Morgan fingerprint density at radius 3 is 2.35 bits per heavy atom. The summed E-state index contributed by atoms with van der Waals surface area (Å²) in [6.07, 6.45) is 0.902. The summed E-state index contributed by atoms with van der Waals surface area (Å²) in [6.45, 7) is 13.9. The molecule has 0 saturated carbocycles. The van der Waals surface area contributed by atoms with E-state index in [0.29, 0.717) is 34.9 Å². The SMILES string of the molecule is CC(C)(C)[Si](C)(C)Oc1ccc(OCCN(CCCl)CCCCl)c2c(=O)c3ccccc3sc12. The molecular formula is C26H35Cl2NO3SSi. The minimum atomic E-state index is -2.09. The zero-order valence-electron chi connectivity index (χ0n) is 20.7. The van der Waals surface area contributed by atoms with Crippen molar-refractivity contribution in [3.05, 3.63) is 46.6 Å². The third-order valence-electron chi connectivity index (χ3n) is 6.50. The first-order valence-corrected chi connectivity index (χ1v) is 16.5. The number of benzene rings is 2. The van der Waals surface area contributed by atoms with Gasteiger partial charge in [0.25, 0.3) is 8.32 Å². The molecule has 3 aromatic rings. The Hall–Kier alpha value is -1.31. The van der Waals surface area contributed by atoms with Gasteiger partial charge in [-0.2, -0.15) is 0 Å². The number of rotatable bonds is 11. The van der Waals surface area contributed by atoms with Crippen LogP contribution in [0.3, 0.4) is 0 Å². The molecule has 34 heavy (non-hydrogen) atoms. The van der Waals surface area contributed by atoms with Gasteiger partial charge in [0.1, 0.15) is 18.1 Å². The molecule has 0 spiro atoms. The highest BCUT2D eigenvalue weighted by atomic mass is 35.5. The van der Waals surface area contributed by atoms with E-state index in [1.54, 1.807) is 11.3 Å². The topological polar surface area (TPSA) is 38.8 Å². The van der Waals surface area contributed by atoms with Gasteiger partial charge in [-0.3, -0.25) is 9.69 Å². The van der Waals surface area contributed by atoms with E-state index in [0.717, 1.165) is 41.2 Å². The van der Waals surface area contributed by atoms with Gasteiger partial charge in [-0.15, -0.1) is 34.5 Å². The van der Waals surface area contributed by atoms with E-state index in [1.165, 1.54) is 0 Å². The van der Waals surface area contributed by atoms with Crippen LogP contribution in [0.2, 0.25) is 18.1 Å². The van der Waals surface area contributed by atoms with Crippen molar-refractivity contribution in [1.82, 2.24) is 4.90 Å². The number of hydrogen-bond donors (Lipinski definition) is 0. The predicted octanol–water partition coefficient (Wildman–Crippen LogP) is 7.35. The summed E-state index contributed by atoms with van der Waals surface area (Å²) < 4.78 is 14.7. The quantitative estimate of drug-likeness (QED) is 0.145. The van der Waals surface area contributed by atoms with Gasteiger partial charge >= 0.3 is 0 Å². The van der Waals surface area contributed by atoms with Gasteiger partial charge in [-0.05, 0) is 55.4 Å². The van der Waals surface area contributed by atoms with Crippen LogP contribution in [-0.4, -0.2) is 51.2 Å². The molecule has 0 N–H and O–H groups in total. The molecule has 0 amide bonds. The highest BCUT2D eigenvalue weighted by molar-refractivity contribution is 7.25. The third kappa shape index (κ3) is 6.27. The fourth-order valence-electron chi connectivity index (χ4n) is 3.50. The van der Waals surface area contributed by atoms with Gasteiger partial charge in [0.15, 0.2) is 5.43 Å². The molecule has 3 rings (SSSR count). The van der Waals surface area contributed by atoms with Crippen LogP contribution in [0.1, 0.15) is 27.2 Å². The van der Waals surface area contributed by atoms with E-state index in [1.807, 2.05) is 36.4 Å². The molecule has 0 radical (unpaired) electrons. The monoisotopic (exact) mass is 539 g/mol. The Morgan fingerprint density at radius 1 is 0.971 bits per heavy atom. The van der Waals surface area contributed by atoms with Crippen LogP contribution in [0.15, 0.2) is 41.2 Å². The highest BCUT2D eigenvalue weighted by Gasteiger charge is 2.39. The summed E-state index contributed by atoms with van der Waals surface area (Å²) in [5.41, 5.74) is -0.0141. The Bertz CT molecular complexity index is 1180. The Kier molecular flexibility index (Phi) is 9.32. The lowest BCUT2D eigenvalue weighted by Crippen LogP contribution is -2.43. The molecule has 0 aliphatic heterocycles. The van der Waals surface area contributed by atoms with E-state index in [4.69, 9.17) is 32.4 Å². The molecule has 0 aliphatic carbocycles. The first-order chi connectivity index (χ1) is 16.1. The summed E-state index contributed by atoms with van der Waals surface area (Å²) in [6, 6.07) is 11.6. The summed E-state index contributed by atoms with van der Waals surface area (Å²) in [7, 11) is -2.09. The van der Waals surface area contributed by atoms with E-state index < -0.39 is 8.32 Å². The number of fused-ring (bicyclic) bond motifs is 2. The van der Waals surface area contributed by atoms with Gasteiger partial charge < -0.3 is 9.16 Å². The summed E-state index contributed by atoms with van der Waals surface area (Å²) in [5.74, 6) is 2.55. The maximum Gasteiger partial charge on any atom is 0.250 e. The zero-order valence-corrected chi connectivity index (χ0v) is 24.1. The minimum Gasteiger partial charge on any atom is -0.543 e. The van der Waals surface area contributed by atoms with Crippen LogP contribution in [0.25, 0.3) is 20.2 Å². The summed E-state index contributed by atoms with van der Waals surface area (Å²) in [4.78, 5) is 15.8.